The highest BCUT2D eigenvalue weighted by molar-refractivity contribution is 7.99. The number of hydrogen-bond donors (Lipinski definition) is 0. The number of rotatable bonds is 4. The normalized spacial score (nSPS) is 10.6. The molecule has 0 aliphatic heterocycles. The van der Waals surface area contributed by atoms with Crippen LogP contribution in [0.1, 0.15) is 24.2 Å². The van der Waals surface area contributed by atoms with Crippen LogP contribution in [0.15, 0.2) is 29.2 Å². The van der Waals surface area contributed by atoms with Crippen molar-refractivity contribution in [1.29, 1.82) is 0 Å². The molecule has 0 heterocycles. The third kappa shape index (κ3) is 3.72. The number of halogens is 1. The topological polar surface area (TPSA) is 17.1 Å². The van der Waals surface area contributed by atoms with Crippen molar-refractivity contribution in [1.82, 2.24) is 0 Å². The Labute approximate surface area is 93.8 Å². The smallest absolute Gasteiger partial charge is 0.252 e. The summed E-state index contributed by atoms with van der Waals surface area (Å²) in [5.41, 5.74) is 0.556. The molecule has 0 aromatic heterocycles. The van der Waals surface area contributed by atoms with E-state index in [1.165, 1.54) is 4.90 Å². The predicted molar refractivity (Wildman–Crippen MR) is 62.2 cm³/mol. The van der Waals surface area contributed by atoms with Gasteiger partial charge < -0.3 is 0 Å². The zero-order valence-corrected chi connectivity index (χ0v) is 9.86. The van der Waals surface area contributed by atoms with Crippen LogP contribution >= 0.6 is 23.4 Å². The molecule has 0 N–H and O–H groups in total. The van der Waals surface area contributed by atoms with Crippen molar-refractivity contribution in [2.45, 2.75) is 18.7 Å². The van der Waals surface area contributed by atoms with Gasteiger partial charge in [-0.25, -0.2) is 0 Å². The Bertz CT molecular complexity index is 306. The first-order valence-corrected chi connectivity index (χ1v) is 5.88. The Balaban J connectivity index is 2.60. The molecule has 1 aromatic carbocycles. The second-order valence-corrected chi connectivity index (χ2v) is 4.94. The molecule has 0 atom stereocenters. The first-order valence-electron chi connectivity index (χ1n) is 4.52. The van der Waals surface area contributed by atoms with Gasteiger partial charge in [0.15, 0.2) is 0 Å². The van der Waals surface area contributed by atoms with E-state index < -0.39 is 5.24 Å². The minimum absolute atomic E-state index is 0.398. The fourth-order valence-corrected chi connectivity index (χ4v) is 1.93. The van der Waals surface area contributed by atoms with Crippen molar-refractivity contribution in [3.05, 3.63) is 29.8 Å². The van der Waals surface area contributed by atoms with Gasteiger partial charge in [0.1, 0.15) is 0 Å². The van der Waals surface area contributed by atoms with Crippen molar-refractivity contribution in [3.63, 3.8) is 0 Å². The summed E-state index contributed by atoms with van der Waals surface area (Å²) in [5.74, 6) is 1.77. The number of carbonyl (C=O) groups excluding carboxylic acids is 1. The second kappa shape index (κ2) is 5.42. The molecule has 0 aliphatic rings. The van der Waals surface area contributed by atoms with Gasteiger partial charge in [-0.3, -0.25) is 4.79 Å². The molecule has 0 amide bonds. The minimum atomic E-state index is -0.398. The molecule has 0 bridgehead atoms. The van der Waals surface area contributed by atoms with Crippen molar-refractivity contribution >= 4 is 28.6 Å². The van der Waals surface area contributed by atoms with E-state index in [4.69, 9.17) is 11.6 Å². The lowest BCUT2D eigenvalue weighted by Crippen LogP contribution is -1.91. The van der Waals surface area contributed by atoms with Gasteiger partial charge in [-0.05, 0) is 41.8 Å². The highest BCUT2D eigenvalue weighted by Gasteiger charge is 2.01. The van der Waals surface area contributed by atoms with E-state index in [0.29, 0.717) is 11.5 Å². The Morgan fingerprint density at radius 3 is 2.36 bits per heavy atom. The van der Waals surface area contributed by atoms with E-state index in [9.17, 15) is 4.79 Å². The van der Waals surface area contributed by atoms with Gasteiger partial charge in [-0.15, -0.1) is 11.8 Å². The van der Waals surface area contributed by atoms with Crippen LogP contribution in [0, 0.1) is 5.92 Å². The molecule has 76 valence electrons. The van der Waals surface area contributed by atoms with Crippen molar-refractivity contribution < 1.29 is 4.79 Å². The molecule has 0 spiro atoms. The van der Waals surface area contributed by atoms with Crippen LogP contribution in [0.3, 0.4) is 0 Å². The Kier molecular flexibility index (Phi) is 4.49. The van der Waals surface area contributed by atoms with Crippen molar-refractivity contribution in [2.24, 2.45) is 5.92 Å². The highest BCUT2D eigenvalue weighted by atomic mass is 35.5. The lowest BCUT2D eigenvalue weighted by molar-refractivity contribution is 0.108. The first kappa shape index (κ1) is 11.6. The maximum Gasteiger partial charge on any atom is 0.252 e. The Hall–Kier alpha value is -0.470. The lowest BCUT2D eigenvalue weighted by atomic mass is 10.2. The van der Waals surface area contributed by atoms with Gasteiger partial charge in [0, 0.05) is 16.2 Å². The fourth-order valence-electron chi connectivity index (χ4n) is 0.945. The van der Waals surface area contributed by atoms with E-state index in [1.54, 1.807) is 23.9 Å². The SMILES string of the molecule is CC(C)CSc1ccc(C(=O)Cl)cc1. The Morgan fingerprint density at radius 2 is 1.93 bits per heavy atom. The first-order chi connectivity index (χ1) is 6.59. The van der Waals surface area contributed by atoms with Crippen molar-refractivity contribution in [3.8, 4) is 0 Å². The largest absolute Gasteiger partial charge is 0.276 e. The zero-order chi connectivity index (χ0) is 10.6. The van der Waals surface area contributed by atoms with Gasteiger partial charge in [0.2, 0.25) is 0 Å². The minimum Gasteiger partial charge on any atom is -0.276 e. The molecule has 0 saturated carbocycles. The number of benzene rings is 1. The predicted octanol–water partition coefficient (Wildman–Crippen LogP) is 3.81. The quantitative estimate of drug-likeness (QED) is 0.576. The molecular formula is C11H13ClOS. The fraction of sp³-hybridized carbons (Fsp3) is 0.364. The molecule has 0 saturated heterocycles. The molecule has 1 nitrogen and oxygen atoms in total. The second-order valence-electron chi connectivity index (χ2n) is 3.50. The average molecular weight is 229 g/mol. The summed E-state index contributed by atoms with van der Waals surface area (Å²) in [4.78, 5) is 12.0. The van der Waals surface area contributed by atoms with Crippen LogP contribution in [0.5, 0.6) is 0 Å². The molecule has 1 aromatic rings. The summed E-state index contributed by atoms with van der Waals surface area (Å²) in [6.45, 7) is 4.37. The van der Waals surface area contributed by atoms with Gasteiger partial charge in [0.05, 0.1) is 0 Å². The summed E-state index contributed by atoms with van der Waals surface area (Å²) in [5, 5.41) is -0.398. The number of carbonyl (C=O) groups is 1. The average Bonchev–Trinajstić information content (AvgIpc) is 2.15. The van der Waals surface area contributed by atoms with Crippen LogP contribution in [0.2, 0.25) is 0 Å². The van der Waals surface area contributed by atoms with Crippen LogP contribution < -0.4 is 0 Å². The number of thioether (sulfide) groups is 1. The maximum atomic E-state index is 10.8. The van der Waals surface area contributed by atoms with E-state index in [2.05, 4.69) is 13.8 Å². The monoisotopic (exact) mass is 228 g/mol. The van der Waals surface area contributed by atoms with Crippen LogP contribution in [0.4, 0.5) is 0 Å². The lowest BCUT2D eigenvalue weighted by Gasteiger charge is -2.04. The third-order valence-corrected chi connectivity index (χ3v) is 3.32. The van der Waals surface area contributed by atoms with Gasteiger partial charge in [-0.1, -0.05) is 13.8 Å². The van der Waals surface area contributed by atoms with Crippen LogP contribution in [-0.2, 0) is 0 Å². The molecule has 0 radical (unpaired) electrons. The van der Waals surface area contributed by atoms with Crippen molar-refractivity contribution in [2.75, 3.05) is 5.75 Å². The summed E-state index contributed by atoms with van der Waals surface area (Å²) in [6.07, 6.45) is 0. The van der Waals surface area contributed by atoms with E-state index in [1.807, 2.05) is 12.1 Å². The summed E-state index contributed by atoms with van der Waals surface area (Å²) in [6, 6.07) is 7.39. The Morgan fingerprint density at radius 1 is 1.36 bits per heavy atom. The summed E-state index contributed by atoms with van der Waals surface area (Å²) >= 11 is 7.13. The maximum absolute atomic E-state index is 10.8. The van der Waals surface area contributed by atoms with E-state index in [0.717, 1.165) is 5.75 Å². The zero-order valence-electron chi connectivity index (χ0n) is 8.29. The number of hydrogen-bond acceptors (Lipinski definition) is 2. The van der Waals surface area contributed by atoms with Crippen LogP contribution in [-0.4, -0.2) is 11.0 Å². The molecule has 0 fully saturated rings. The van der Waals surface area contributed by atoms with Crippen LogP contribution in [0.25, 0.3) is 0 Å². The summed E-state index contributed by atoms with van der Waals surface area (Å²) in [7, 11) is 0. The van der Waals surface area contributed by atoms with Gasteiger partial charge >= 0.3 is 0 Å². The molecule has 3 heteroatoms. The van der Waals surface area contributed by atoms with Gasteiger partial charge in [-0.2, -0.15) is 0 Å². The van der Waals surface area contributed by atoms with E-state index >= 15 is 0 Å². The van der Waals surface area contributed by atoms with E-state index in [-0.39, 0.29) is 0 Å². The molecule has 1 rings (SSSR count). The molecule has 0 unspecified atom stereocenters. The summed E-state index contributed by atoms with van der Waals surface area (Å²) < 4.78 is 0. The molecular weight excluding hydrogens is 216 g/mol. The van der Waals surface area contributed by atoms with Gasteiger partial charge in [0.25, 0.3) is 5.24 Å². The third-order valence-electron chi connectivity index (χ3n) is 1.66. The standard InChI is InChI=1S/C11H13ClOS/c1-8(2)7-14-10-5-3-9(4-6-10)11(12)13/h3-6,8H,7H2,1-2H3. The highest BCUT2D eigenvalue weighted by Crippen LogP contribution is 2.21. The molecule has 0 aliphatic carbocycles. The molecule has 14 heavy (non-hydrogen) atoms.